The summed E-state index contributed by atoms with van der Waals surface area (Å²) in [5.41, 5.74) is 7.94. The van der Waals surface area contributed by atoms with Gasteiger partial charge in [-0.15, -0.1) is 0 Å². The predicted molar refractivity (Wildman–Crippen MR) is 71.9 cm³/mol. The number of benzene rings is 1. The van der Waals surface area contributed by atoms with E-state index in [0.717, 1.165) is 11.1 Å². The van der Waals surface area contributed by atoms with Gasteiger partial charge in [-0.2, -0.15) is 0 Å². The average molecular weight is 265 g/mol. The van der Waals surface area contributed by atoms with Crippen LogP contribution in [0.15, 0.2) is 36.4 Å². The van der Waals surface area contributed by atoms with Gasteiger partial charge in [0.25, 0.3) is 0 Å². The van der Waals surface area contributed by atoms with Gasteiger partial charge >= 0.3 is 0 Å². The van der Waals surface area contributed by atoms with E-state index in [9.17, 15) is 4.39 Å². The number of halogens is 2. The molecule has 0 amide bonds. The van der Waals surface area contributed by atoms with Gasteiger partial charge in [0.05, 0.1) is 5.69 Å². The predicted octanol–water partition coefficient (Wildman–Crippen LogP) is 3.73. The number of rotatable bonds is 2. The van der Waals surface area contributed by atoms with Crippen LogP contribution in [-0.2, 0) is 5.54 Å². The molecule has 0 saturated heterocycles. The molecule has 18 heavy (non-hydrogen) atoms. The molecule has 0 bridgehead atoms. The van der Waals surface area contributed by atoms with E-state index in [1.165, 1.54) is 12.1 Å². The van der Waals surface area contributed by atoms with E-state index in [4.69, 9.17) is 17.3 Å². The Morgan fingerprint density at radius 1 is 1.17 bits per heavy atom. The fraction of sp³-hybridized carbons (Fsp3) is 0.214. The van der Waals surface area contributed by atoms with E-state index >= 15 is 0 Å². The minimum absolute atomic E-state index is 0.278. The van der Waals surface area contributed by atoms with E-state index in [1.807, 2.05) is 19.9 Å². The fourth-order valence-electron chi connectivity index (χ4n) is 1.64. The second-order valence-corrected chi connectivity index (χ2v) is 5.18. The third kappa shape index (κ3) is 2.86. The first-order valence-corrected chi connectivity index (χ1v) is 5.97. The second-order valence-electron chi connectivity index (χ2n) is 4.79. The molecule has 0 fully saturated rings. The lowest BCUT2D eigenvalue weighted by atomic mass is 9.95. The Morgan fingerprint density at radius 2 is 1.78 bits per heavy atom. The summed E-state index contributed by atoms with van der Waals surface area (Å²) in [6, 6.07) is 9.74. The van der Waals surface area contributed by atoms with E-state index in [2.05, 4.69) is 4.98 Å². The minimum atomic E-state index is -0.499. The smallest absolute Gasteiger partial charge is 0.130 e. The highest BCUT2D eigenvalue weighted by molar-refractivity contribution is 6.29. The van der Waals surface area contributed by atoms with E-state index in [0.29, 0.717) is 10.8 Å². The fourth-order valence-corrected chi connectivity index (χ4v) is 1.85. The molecule has 0 aliphatic heterocycles. The van der Waals surface area contributed by atoms with Crippen LogP contribution in [0.2, 0.25) is 5.15 Å². The molecule has 2 aromatic rings. The Labute approximate surface area is 111 Å². The van der Waals surface area contributed by atoms with Gasteiger partial charge in [-0.1, -0.05) is 11.6 Å². The normalized spacial score (nSPS) is 11.6. The molecule has 0 unspecified atom stereocenters. The van der Waals surface area contributed by atoms with Crippen molar-refractivity contribution in [3.8, 4) is 11.3 Å². The maximum atomic E-state index is 12.9. The van der Waals surface area contributed by atoms with Crippen molar-refractivity contribution in [2.75, 3.05) is 0 Å². The molecule has 2 N–H and O–H groups in total. The van der Waals surface area contributed by atoms with Crippen LogP contribution >= 0.6 is 11.6 Å². The number of hydrogen-bond donors (Lipinski definition) is 1. The Hall–Kier alpha value is -1.45. The maximum Gasteiger partial charge on any atom is 0.130 e. The highest BCUT2D eigenvalue weighted by atomic mass is 35.5. The highest BCUT2D eigenvalue weighted by Crippen LogP contribution is 2.26. The lowest BCUT2D eigenvalue weighted by Gasteiger charge is -2.20. The molecule has 0 aliphatic rings. The molecule has 1 heterocycles. The molecule has 0 saturated carbocycles. The largest absolute Gasteiger partial charge is 0.322 e. The van der Waals surface area contributed by atoms with Gasteiger partial charge < -0.3 is 5.73 Å². The zero-order chi connectivity index (χ0) is 13.3. The van der Waals surface area contributed by atoms with Gasteiger partial charge in [-0.05, 0) is 55.8 Å². The van der Waals surface area contributed by atoms with Gasteiger partial charge in [0.2, 0.25) is 0 Å². The lowest BCUT2D eigenvalue weighted by molar-refractivity contribution is 0.554. The van der Waals surface area contributed by atoms with E-state index < -0.39 is 5.54 Å². The van der Waals surface area contributed by atoms with Crippen molar-refractivity contribution in [1.29, 1.82) is 0 Å². The zero-order valence-electron chi connectivity index (χ0n) is 10.2. The quantitative estimate of drug-likeness (QED) is 0.840. The first-order chi connectivity index (χ1) is 8.36. The summed E-state index contributed by atoms with van der Waals surface area (Å²) in [4.78, 5) is 4.23. The molecule has 0 aliphatic carbocycles. The molecule has 0 radical (unpaired) electrons. The number of hydrogen-bond acceptors (Lipinski definition) is 2. The third-order valence-corrected chi connectivity index (χ3v) is 2.87. The maximum absolute atomic E-state index is 12.9. The first kappa shape index (κ1) is 13.0. The summed E-state index contributed by atoms with van der Waals surface area (Å²) in [6.07, 6.45) is 0. The molecule has 94 valence electrons. The van der Waals surface area contributed by atoms with Gasteiger partial charge in [-0.3, -0.25) is 0 Å². The summed E-state index contributed by atoms with van der Waals surface area (Å²) >= 11 is 6.00. The Balaban J connectivity index is 2.52. The van der Waals surface area contributed by atoms with Crippen LogP contribution in [0.3, 0.4) is 0 Å². The Morgan fingerprint density at radius 3 is 2.33 bits per heavy atom. The van der Waals surface area contributed by atoms with Gasteiger partial charge in [0.15, 0.2) is 0 Å². The molecule has 0 atom stereocenters. The second kappa shape index (κ2) is 4.67. The SMILES string of the molecule is CC(C)(N)c1cc(Cl)nc(-c2ccc(F)cc2)c1. The molecule has 2 nitrogen and oxygen atoms in total. The lowest BCUT2D eigenvalue weighted by Crippen LogP contribution is -2.28. The zero-order valence-corrected chi connectivity index (χ0v) is 11.0. The van der Waals surface area contributed by atoms with Crippen LogP contribution < -0.4 is 5.73 Å². The molecule has 0 spiro atoms. The number of aromatic nitrogens is 1. The number of nitrogens with two attached hydrogens (primary N) is 1. The minimum Gasteiger partial charge on any atom is -0.322 e. The standard InChI is InChI=1S/C14H14ClFN2/c1-14(2,17)10-7-12(18-13(15)8-10)9-3-5-11(16)6-4-9/h3-8H,17H2,1-2H3. The molecule has 4 heteroatoms. The average Bonchev–Trinajstić information content (AvgIpc) is 2.28. The summed E-state index contributed by atoms with van der Waals surface area (Å²) in [6.45, 7) is 3.79. The number of pyridine rings is 1. The van der Waals surface area contributed by atoms with Crippen molar-refractivity contribution in [1.82, 2.24) is 4.98 Å². The highest BCUT2D eigenvalue weighted by Gasteiger charge is 2.16. The van der Waals surface area contributed by atoms with Crippen molar-refractivity contribution in [2.45, 2.75) is 19.4 Å². The summed E-state index contributed by atoms with van der Waals surface area (Å²) < 4.78 is 12.9. The molecule has 2 rings (SSSR count). The topological polar surface area (TPSA) is 38.9 Å². The van der Waals surface area contributed by atoms with E-state index in [-0.39, 0.29) is 5.82 Å². The van der Waals surface area contributed by atoms with Crippen molar-refractivity contribution in [3.05, 3.63) is 52.9 Å². The molecular formula is C14H14ClFN2. The van der Waals surface area contributed by atoms with Crippen LogP contribution in [0.1, 0.15) is 19.4 Å². The monoisotopic (exact) mass is 264 g/mol. The Bertz CT molecular complexity index is 559. The molecular weight excluding hydrogens is 251 g/mol. The molecule has 1 aromatic carbocycles. The van der Waals surface area contributed by atoms with Gasteiger partial charge in [-0.25, -0.2) is 9.37 Å². The first-order valence-electron chi connectivity index (χ1n) is 5.59. The third-order valence-electron chi connectivity index (χ3n) is 2.68. The van der Waals surface area contributed by atoms with Crippen molar-refractivity contribution < 1.29 is 4.39 Å². The van der Waals surface area contributed by atoms with E-state index in [1.54, 1.807) is 18.2 Å². The van der Waals surface area contributed by atoms with Gasteiger partial charge in [0.1, 0.15) is 11.0 Å². The molecule has 1 aromatic heterocycles. The van der Waals surface area contributed by atoms with Crippen LogP contribution in [0, 0.1) is 5.82 Å². The van der Waals surface area contributed by atoms with Crippen LogP contribution in [0.5, 0.6) is 0 Å². The van der Waals surface area contributed by atoms with Crippen LogP contribution in [-0.4, -0.2) is 4.98 Å². The Kier molecular flexibility index (Phi) is 3.37. The summed E-state index contributed by atoms with van der Waals surface area (Å²) in [7, 11) is 0. The van der Waals surface area contributed by atoms with Crippen molar-refractivity contribution >= 4 is 11.6 Å². The van der Waals surface area contributed by atoms with Crippen molar-refractivity contribution in [3.63, 3.8) is 0 Å². The van der Waals surface area contributed by atoms with Crippen molar-refractivity contribution in [2.24, 2.45) is 5.73 Å². The van der Waals surface area contributed by atoms with Gasteiger partial charge in [0, 0.05) is 11.1 Å². The summed E-state index contributed by atoms with van der Waals surface area (Å²) in [5.74, 6) is -0.278. The number of nitrogens with zero attached hydrogens (tertiary/aromatic N) is 1. The van der Waals surface area contributed by atoms with Crippen LogP contribution in [0.25, 0.3) is 11.3 Å². The van der Waals surface area contributed by atoms with Crippen LogP contribution in [0.4, 0.5) is 4.39 Å². The summed E-state index contributed by atoms with van der Waals surface area (Å²) in [5, 5.41) is 0.380.